The molecule has 0 atom stereocenters. The van der Waals surface area contributed by atoms with Gasteiger partial charge in [0, 0.05) is 21.9 Å². The van der Waals surface area contributed by atoms with Crippen LogP contribution in [0.15, 0.2) is 84.9 Å². The van der Waals surface area contributed by atoms with Crippen molar-refractivity contribution in [2.24, 2.45) is 0 Å². The van der Waals surface area contributed by atoms with E-state index < -0.39 is 0 Å². The Morgan fingerprint density at radius 2 is 0.767 bits per heavy atom. The molecule has 7 heterocycles. The molecular formula is C50H42N10. The van der Waals surface area contributed by atoms with Crippen molar-refractivity contribution < 1.29 is 0 Å². The predicted molar refractivity (Wildman–Crippen MR) is 243 cm³/mol. The summed E-state index contributed by atoms with van der Waals surface area (Å²) in [5, 5.41) is 1.76. The molecule has 292 valence electrons. The number of hydrogen-bond donors (Lipinski definition) is 0. The number of allylic oxidation sites excluding steroid dienone is 2. The Kier molecular flexibility index (Phi) is 8.01. The van der Waals surface area contributed by atoms with E-state index in [1.165, 1.54) is 0 Å². The Morgan fingerprint density at radius 3 is 1.18 bits per heavy atom. The minimum atomic E-state index is -0.107. The van der Waals surface area contributed by atoms with Crippen LogP contribution in [0.25, 0.3) is 101 Å². The highest BCUT2D eigenvalue weighted by molar-refractivity contribution is 6.06. The molecule has 0 aliphatic heterocycles. The van der Waals surface area contributed by atoms with Crippen molar-refractivity contribution in [1.29, 1.82) is 0 Å². The highest BCUT2D eigenvalue weighted by atomic mass is 15.0. The van der Waals surface area contributed by atoms with Crippen molar-refractivity contribution in [1.82, 2.24) is 49.8 Å². The van der Waals surface area contributed by atoms with E-state index in [9.17, 15) is 0 Å². The highest BCUT2D eigenvalue weighted by Crippen LogP contribution is 2.33. The van der Waals surface area contributed by atoms with E-state index in [1.807, 2.05) is 36.4 Å². The molecule has 0 radical (unpaired) electrons. The van der Waals surface area contributed by atoms with Gasteiger partial charge >= 0.3 is 0 Å². The zero-order valence-electron chi connectivity index (χ0n) is 34.5. The smallest absolute Gasteiger partial charge is 0.199 e. The molecule has 10 nitrogen and oxygen atoms in total. The molecule has 60 heavy (non-hydrogen) atoms. The van der Waals surface area contributed by atoms with Gasteiger partial charge in [-0.3, -0.25) is 0 Å². The van der Waals surface area contributed by atoms with Crippen LogP contribution in [0.2, 0.25) is 0 Å². The van der Waals surface area contributed by atoms with Gasteiger partial charge in [0.2, 0.25) is 0 Å². The second-order valence-corrected chi connectivity index (χ2v) is 18.0. The van der Waals surface area contributed by atoms with Gasteiger partial charge in [-0.2, -0.15) is 0 Å². The molecule has 0 saturated carbocycles. The monoisotopic (exact) mass is 782 g/mol. The molecule has 2 aromatic carbocycles. The lowest BCUT2D eigenvalue weighted by molar-refractivity contribution is 0.590. The van der Waals surface area contributed by atoms with Crippen LogP contribution in [-0.2, 0) is 23.7 Å². The van der Waals surface area contributed by atoms with Crippen LogP contribution in [0, 0.1) is 0 Å². The van der Waals surface area contributed by atoms with Crippen LogP contribution in [0.1, 0.15) is 88.0 Å². The molecule has 11 rings (SSSR count). The van der Waals surface area contributed by atoms with Gasteiger partial charge in [0.15, 0.2) is 22.6 Å². The van der Waals surface area contributed by atoms with E-state index in [0.29, 0.717) is 55.7 Å². The Bertz CT molecular complexity index is 3290. The first-order valence-corrected chi connectivity index (χ1v) is 20.7. The van der Waals surface area contributed by atoms with Crippen LogP contribution in [0.5, 0.6) is 0 Å². The number of pyridine rings is 2. The van der Waals surface area contributed by atoms with Gasteiger partial charge in [0.05, 0.1) is 44.5 Å². The minimum absolute atomic E-state index is 0.107. The van der Waals surface area contributed by atoms with Crippen LogP contribution in [0.4, 0.5) is 0 Å². The van der Waals surface area contributed by atoms with Crippen molar-refractivity contribution in [3.05, 3.63) is 119 Å². The van der Waals surface area contributed by atoms with Gasteiger partial charge in [0.1, 0.15) is 22.1 Å². The normalized spacial score (nSPS) is 14.1. The quantitative estimate of drug-likeness (QED) is 0.147. The Hall–Kier alpha value is -6.94. The summed E-state index contributed by atoms with van der Waals surface area (Å²) in [6.45, 7) is 13.3. The zero-order valence-corrected chi connectivity index (χ0v) is 34.5. The fraction of sp³-hybridized carbons (Fsp3) is 0.240. The van der Waals surface area contributed by atoms with E-state index in [4.69, 9.17) is 49.8 Å². The number of rotatable bonds is 0. The van der Waals surface area contributed by atoms with Gasteiger partial charge in [-0.15, -0.1) is 0 Å². The van der Waals surface area contributed by atoms with Gasteiger partial charge in [-0.25, -0.2) is 49.8 Å². The topological polar surface area (TPSA) is 129 Å². The number of hydrogen-bond acceptors (Lipinski definition) is 10. The third-order valence-electron chi connectivity index (χ3n) is 11.7. The summed E-state index contributed by atoms with van der Waals surface area (Å²) in [7, 11) is 0. The largest absolute Gasteiger partial charge is 0.244 e. The zero-order chi connectivity index (χ0) is 40.9. The van der Waals surface area contributed by atoms with Crippen molar-refractivity contribution in [2.45, 2.75) is 78.1 Å². The van der Waals surface area contributed by atoms with Crippen LogP contribution in [-0.4, -0.2) is 49.8 Å². The van der Waals surface area contributed by atoms with Gasteiger partial charge < -0.3 is 0 Å². The molecule has 0 spiro atoms. The summed E-state index contributed by atoms with van der Waals surface area (Å²) in [5.41, 5.74) is 14.8. The number of nitrogens with zero attached hydrogens (tertiary/aromatic N) is 10. The van der Waals surface area contributed by atoms with Gasteiger partial charge in [-0.1, -0.05) is 102 Å². The number of benzene rings is 2. The van der Waals surface area contributed by atoms with Crippen molar-refractivity contribution in [2.75, 3.05) is 0 Å². The average molecular weight is 783 g/mol. The molecule has 0 N–H and O–H groups in total. The first kappa shape index (κ1) is 36.2. The van der Waals surface area contributed by atoms with E-state index in [2.05, 4.69) is 102 Å². The minimum Gasteiger partial charge on any atom is -0.244 e. The molecule has 9 aromatic rings. The fourth-order valence-electron chi connectivity index (χ4n) is 8.38. The molecule has 0 unspecified atom stereocenters. The lowest BCUT2D eigenvalue weighted by atomic mass is 9.86. The summed E-state index contributed by atoms with van der Waals surface area (Å²) in [4.78, 5) is 52.5. The van der Waals surface area contributed by atoms with Crippen LogP contribution in [0.3, 0.4) is 0 Å². The standard InChI is InChI=1S/C50H42N10/c1-49(2,3)27-21-23-31-39(25-27)55-47-48-56-40-26-28(50(4,5)6)22-24-32(40)44(60-48)38-20-12-18-36(52-38)42-30-14-8-10-16-34(30)54-46(58-42)45-53-33-15-9-7-13-29(33)41(57-45)35-17-11-19-37(51-35)43(31)59-47/h7-8,11-14,17-26H,9-10,15-16H2,1-6H3. The lowest BCUT2D eigenvalue weighted by Gasteiger charge is -2.19. The molecule has 0 fully saturated rings. The first-order chi connectivity index (χ1) is 28.9. The fourth-order valence-corrected chi connectivity index (χ4v) is 8.38. The average Bonchev–Trinajstić information content (AvgIpc) is 3.26. The number of aryl methyl sites for hydroxylation is 2. The third-order valence-corrected chi connectivity index (χ3v) is 11.7. The third kappa shape index (κ3) is 6.08. The van der Waals surface area contributed by atoms with E-state index in [1.54, 1.807) is 0 Å². The Balaban J connectivity index is 1.41. The molecule has 2 aliphatic rings. The highest BCUT2D eigenvalue weighted by Gasteiger charge is 2.20. The van der Waals surface area contributed by atoms with Gasteiger partial charge in [0.25, 0.3) is 0 Å². The molecule has 2 aliphatic carbocycles. The van der Waals surface area contributed by atoms with E-state index >= 15 is 0 Å². The second kappa shape index (κ2) is 13.3. The molecule has 7 aromatic heterocycles. The summed E-state index contributed by atoms with van der Waals surface area (Å²) in [5.74, 6) is 0. The molecule has 10 heteroatoms. The lowest BCUT2D eigenvalue weighted by Crippen LogP contribution is -2.11. The Labute approximate surface area is 346 Å². The molecule has 0 amide bonds. The van der Waals surface area contributed by atoms with Crippen LogP contribution >= 0.6 is 0 Å². The summed E-state index contributed by atoms with van der Waals surface area (Å²) in [6.07, 6.45) is 11.9. The molecule has 0 saturated heterocycles. The van der Waals surface area contributed by atoms with Crippen molar-refractivity contribution in [3.63, 3.8) is 0 Å². The number of aromatic nitrogens is 10. The summed E-state index contributed by atoms with van der Waals surface area (Å²) >= 11 is 0. The predicted octanol–water partition coefficient (Wildman–Crippen LogP) is 11.1. The SMILES string of the molecule is CC(C)(C)c1ccc2c(c1)nc1nc2c2cccc(n2)c2nc(nc3c2C=CCC3)c2nc3c(c(n2)c2cccc(n2)c2nc1nc1cc(C(C)(C)C)ccc12)C=CCC3. The molecule has 12 bridgehead atoms. The van der Waals surface area contributed by atoms with Crippen molar-refractivity contribution in [3.8, 4) is 0 Å². The second-order valence-electron chi connectivity index (χ2n) is 18.0. The van der Waals surface area contributed by atoms with Crippen molar-refractivity contribution >= 4 is 101 Å². The maximum atomic E-state index is 5.34. The van der Waals surface area contributed by atoms with Crippen LogP contribution < -0.4 is 0 Å². The summed E-state index contributed by atoms with van der Waals surface area (Å²) in [6, 6.07) is 24.9. The molecular weight excluding hydrogens is 741 g/mol. The maximum Gasteiger partial charge on any atom is 0.199 e. The van der Waals surface area contributed by atoms with Gasteiger partial charge in [-0.05, 0) is 84.0 Å². The van der Waals surface area contributed by atoms with E-state index in [0.717, 1.165) is 92.2 Å². The Morgan fingerprint density at radius 1 is 0.383 bits per heavy atom. The van der Waals surface area contributed by atoms with E-state index in [-0.39, 0.29) is 10.8 Å². The first-order valence-electron chi connectivity index (χ1n) is 20.7. The summed E-state index contributed by atoms with van der Waals surface area (Å²) < 4.78 is 0. The number of fused-ring (bicyclic) bond motifs is 26. The maximum absolute atomic E-state index is 5.34.